The topological polar surface area (TPSA) is 69.0 Å². The van der Waals surface area contributed by atoms with Gasteiger partial charge in [0.1, 0.15) is 11.6 Å². The van der Waals surface area contributed by atoms with E-state index in [0.29, 0.717) is 22.5 Å². The number of ether oxygens (including phenoxy) is 1. The maximum absolute atomic E-state index is 13.0. The summed E-state index contributed by atoms with van der Waals surface area (Å²) >= 11 is 7.31. The van der Waals surface area contributed by atoms with Crippen molar-refractivity contribution in [1.29, 1.82) is 0 Å². The molecule has 0 fully saturated rings. The van der Waals surface area contributed by atoms with Gasteiger partial charge in [-0.05, 0) is 66.2 Å². The molecule has 9 heteroatoms. The highest BCUT2D eigenvalue weighted by molar-refractivity contribution is 7.99. The zero-order valence-electron chi connectivity index (χ0n) is 17.7. The third kappa shape index (κ3) is 5.71. The number of amides is 1. The van der Waals surface area contributed by atoms with E-state index in [-0.39, 0.29) is 17.5 Å². The normalized spacial score (nSPS) is 10.8. The summed E-state index contributed by atoms with van der Waals surface area (Å²) in [4.78, 5) is 12.4. The first-order chi connectivity index (χ1) is 16.0. The number of methoxy groups -OCH3 is 1. The molecule has 0 bridgehead atoms. The molecular formula is C24H20ClFN4O2S. The lowest BCUT2D eigenvalue weighted by atomic mass is 10.2. The molecule has 168 valence electrons. The highest BCUT2D eigenvalue weighted by Crippen LogP contribution is 2.29. The van der Waals surface area contributed by atoms with Crippen molar-refractivity contribution in [3.63, 3.8) is 0 Å². The minimum absolute atomic E-state index is 0.149. The van der Waals surface area contributed by atoms with Crippen LogP contribution in [0.5, 0.6) is 5.75 Å². The first-order valence-electron chi connectivity index (χ1n) is 10.0. The number of aromatic nitrogens is 3. The van der Waals surface area contributed by atoms with E-state index in [4.69, 9.17) is 16.3 Å². The van der Waals surface area contributed by atoms with Gasteiger partial charge < -0.3 is 10.1 Å². The van der Waals surface area contributed by atoms with E-state index in [9.17, 15) is 9.18 Å². The van der Waals surface area contributed by atoms with Crippen molar-refractivity contribution in [2.45, 2.75) is 11.7 Å². The molecule has 0 saturated carbocycles. The lowest BCUT2D eigenvalue weighted by Crippen LogP contribution is -2.24. The van der Waals surface area contributed by atoms with E-state index in [2.05, 4.69) is 15.5 Å². The SMILES string of the molecule is COc1ccc(-n2c(SCC(=O)NCc3ccc(F)cc3)nnc2-c2ccc(Cl)cc2)cc1. The van der Waals surface area contributed by atoms with Gasteiger partial charge in [-0.2, -0.15) is 0 Å². The molecule has 4 aromatic rings. The van der Waals surface area contributed by atoms with Crippen molar-refractivity contribution >= 4 is 29.3 Å². The number of carbonyl (C=O) groups excluding carboxylic acids is 1. The summed E-state index contributed by atoms with van der Waals surface area (Å²) in [6.45, 7) is 0.320. The van der Waals surface area contributed by atoms with Gasteiger partial charge in [-0.15, -0.1) is 10.2 Å². The van der Waals surface area contributed by atoms with Crippen LogP contribution in [0.25, 0.3) is 17.1 Å². The molecule has 0 saturated heterocycles. The summed E-state index contributed by atoms with van der Waals surface area (Å²) in [5.74, 6) is 1.03. The van der Waals surface area contributed by atoms with Crippen LogP contribution in [0.3, 0.4) is 0 Å². The number of hydrogen-bond donors (Lipinski definition) is 1. The zero-order chi connectivity index (χ0) is 23.2. The standard InChI is InChI=1S/C24H20ClFN4O2S/c1-32-21-12-10-20(11-13-21)30-23(17-4-6-18(25)7-5-17)28-29-24(30)33-15-22(31)27-14-16-2-8-19(26)9-3-16/h2-13H,14-15H2,1H3,(H,27,31). The number of rotatable bonds is 8. The molecule has 1 aromatic heterocycles. The molecule has 6 nitrogen and oxygen atoms in total. The van der Waals surface area contributed by atoms with Gasteiger partial charge in [0.25, 0.3) is 0 Å². The van der Waals surface area contributed by atoms with E-state index in [1.165, 1.54) is 23.9 Å². The van der Waals surface area contributed by atoms with Crippen LogP contribution in [0.15, 0.2) is 78.0 Å². The molecule has 0 aliphatic rings. The summed E-state index contributed by atoms with van der Waals surface area (Å²) in [6, 6.07) is 20.8. The zero-order valence-corrected chi connectivity index (χ0v) is 19.2. The Balaban J connectivity index is 1.53. The van der Waals surface area contributed by atoms with E-state index >= 15 is 0 Å². The van der Waals surface area contributed by atoms with Crippen molar-refractivity contribution in [3.8, 4) is 22.8 Å². The minimum Gasteiger partial charge on any atom is -0.497 e. The highest BCUT2D eigenvalue weighted by atomic mass is 35.5. The van der Waals surface area contributed by atoms with Crippen molar-refractivity contribution in [2.75, 3.05) is 12.9 Å². The number of nitrogens with one attached hydrogen (secondary N) is 1. The molecule has 0 atom stereocenters. The molecular weight excluding hydrogens is 463 g/mol. The molecule has 0 unspecified atom stereocenters. The van der Waals surface area contributed by atoms with E-state index in [1.54, 1.807) is 31.4 Å². The molecule has 4 rings (SSSR count). The number of thioether (sulfide) groups is 1. The first-order valence-corrected chi connectivity index (χ1v) is 11.4. The monoisotopic (exact) mass is 482 g/mol. The van der Waals surface area contributed by atoms with Crippen LogP contribution in [-0.2, 0) is 11.3 Å². The van der Waals surface area contributed by atoms with Gasteiger partial charge in [0.05, 0.1) is 12.9 Å². The molecule has 3 aromatic carbocycles. The maximum atomic E-state index is 13.0. The molecule has 1 amide bonds. The number of carbonyl (C=O) groups is 1. The second kappa shape index (κ2) is 10.5. The van der Waals surface area contributed by atoms with Crippen LogP contribution in [0.4, 0.5) is 4.39 Å². The maximum Gasteiger partial charge on any atom is 0.230 e. The van der Waals surface area contributed by atoms with Crippen LogP contribution < -0.4 is 10.1 Å². The fraction of sp³-hybridized carbons (Fsp3) is 0.125. The van der Waals surface area contributed by atoms with Gasteiger partial charge in [-0.25, -0.2) is 4.39 Å². The number of halogens is 2. The van der Waals surface area contributed by atoms with Gasteiger partial charge in [-0.1, -0.05) is 35.5 Å². The second-order valence-corrected chi connectivity index (χ2v) is 8.42. The Kier molecular flexibility index (Phi) is 7.26. The van der Waals surface area contributed by atoms with E-state index in [1.807, 2.05) is 41.0 Å². The number of benzene rings is 3. The molecule has 0 aliphatic carbocycles. The van der Waals surface area contributed by atoms with E-state index < -0.39 is 0 Å². The Labute approximate surface area is 199 Å². The highest BCUT2D eigenvalue weighted by Gasteiger charge is 2.17. The van der Waals surface area contributed by atoms with Crippen LogP contribution >= 0.6 is 23.4 Å². The smallest absolute Gasteiger partial charge is 0.230 e. The summed E-state index contributed by atoms with van der Waals surface area (Å²) < 4.78 is 20.2. The molecule has 1 heterocycles. The molecule has 0 radical (unpaired) electrons. The Morgan fingerprint density at radius 3 is 2.39 bits per heavy atom. The Hall–Kier alpha value is -3.36. The van der Waals surface area contributed by atoms with Gasteiger partial charge in [0.15, 0.2) is 11.0 Å². The molecule has 33 heavy (non-hydrogen) atoms. The van der Waals surface area contributed by atoms with Gasteiger partial charge >= 0.3 is 0 Å². The fourth-order valence-electron chi connectivity index (χ4n) is 3.10. The van der Waals surface area contributed by atoms with Crippen molar-refractivity contribution < 1.29 is 13.9 Å². The Bertz CT molecular complexity index is 1230. The van der Waals surface area contributed by atoms with Crippen LogP contribution in [0, 0.1) is 5.82 Å². The number of nitrogens with zero attached hydrogens (tertiary/aromatic N) is 3. The van der Waals surface area contributed by atoms with Crippen LogP contribution in [0.1, 0.15) is 5.56 Å². The summed E-state index contributed by atoms with van der Waals surface area (Å²) in [5, 5.41) is 12.7. The van der Waals surface area contributed by atoms with Crippen molar-refractivity contribution in [3.05, 3.63) is 89.2 Å². The van der Waals surface area contributed by atoms with Crippen molar-refractivity contribution in [2.24, 2.45) is 0 Å². The second-order valence-electron chi connectivity index (χ2n) is 7.04. The molecule has 0 aliphatic heterocycles. The predicted octanol–water partition coefficient (Wildman–Crippen LogP) is 5.14. The molecule has 1 N–H and O–H groups in total. The largest absolute Gasteiger partial charge is 0.497 e. The third-order valence-electron chi connectivity index (χ3n) is 4.80. The van der Waals surface area contributed by atoms with Gasteiger partial charge in [0, 0.05) is 22.8 Å². The number of hydrogen-bond acceptors (Lipinski definition) is 5. The van der Waals surface area contributed by atoms with Crippen LogP contribution in [0.2, 0.25) is 5.02 Å². The average molecular weight is 483 g/mol. The summed E-state index contributed by atoms with van der Waals surface area (Å²) in [5.41, 5.74) is 2.50. The summed E-state index contributed by atoms with van der Waals surface area (Å²) in [7, 11) is 1.61. The fourth-order valence-corrected chi connectivity index (χ4v) is 4.01. The quantitative estimate of drug-likeness (QED) is 0.352. The lowest BCUT2D eigenvalue weighted by Gasteiger charge is -2.11. The summed E-state index contributed by atoms with van der Waals surface area (Å²) in [6.07, 6.45) is 0. The first kappa shape index (κ1) is 22.8. The van der Waals surface area contributed by atoms with Crippen LogP contribution in [-0.4, -0.2) is 33.5 Å². The van der Waals surface area contributed by atoms with E-state index in [0.717, 1.165) is 22.6 Å². The van der Waals surface area contributed by atoms with Gasteiger partial charge in [-0.3, -0.25) is 9.36 Å². The average Bonchev–Trinajstić information content (AvgIpc) is 3.27. The lowest BCUT2D eigenvalue weighted by molar-refractivity contribution is -0.118. The van der Waals surface area contributed by atoms with Crippen molar-refractivity contribution in [1.82, 2.24) is 20.1 Å². The van der Waals surface area contributed by atoms with Gasteiger partial charge in [0.2, 0.25) is 5.91 Å². The third-order valence-corrected chi connectivity index (χ3v) is 5.98. The Morgan fingerprint density at radius 1 is 1.03 bits per heavy atom. The predicted molar refractivity (Wildman–Crippen MR) is 127 cm³/mol. The Morgan fingerprint density at radius 2 is 1.73 bits per heavy atom. The minimum atomic E-state index is -0.310. The molecule has 0 spiro atoms.